The Hall–Kier alpha value is -0.380. The molecule has 3 nitrogen and oxygen atoms in total. The van der Waals surface area contributed by atoms with Crippen LogP contribution in [0.1, 0.15) is 47.5 Å². The molecule has 0 bridgehead atoms. The van der Waals surface area contributed by atoms with Crippen molar-refractivity contribution in [1.29, 1.82) is 0 Å². The Labute approximate surface area is 105 Å². The Bertz CT molecular complexity index is 212. The molecule has 0 aliphatic rings. The van der Waals surface area contributed by atoms with E-state index in [1.165, 1.54) is 0 Å². The summed E-state index contributed by atoms with van der Waals surface area (Å²) in [5.41, 5.74) is -0.435. The minimum atomic E-state index is -0.435. The van der Waals surface area contributed by atoms with E-state index in [4.69, 9.17) is 4.74 Å². The van der Waals surface area contributed by atoms with E-state index in [0.29, 0.717) is 5.92 Å². The van der Waals surface area contributed by atoms with Gasteiger partial charge >= 0.3 is 6.09 Å². The fourth-order valence-electron chi connectivity index (χ4n) is 1.34. The highest BCUT2D eigenvalue weighted by Crippen LogP contribution is 2.12. The van der Waals surface area contributed by atoms with Crippen LogP contribution in [0.15, 0.2) is 0 Å². The molecule has 4 heteroatoms. The Kier molecular flexibility index (Phi) is 6.88. The van der Waals surface area contributed by atoms with E-state index in [9.17, 15) is 4.79 Å². The first-order chi connectivity index (χ1) is 7.26. The summed E-state index contributed by atoms with van der Waals surface area (Å²) in [7, 11) is 0. The molecule has 0 saturated carbocycles. The number of thiol groups is 1. The van der Waals surface area contributed by atoms with E-state index in [2.05, 4.69) is 31.8 Å². The minimum Gasteiger partial charge on any atom is -0.444 e. The van der Waals surface area contributed by atoms with Gasteiger partial charge in [0.2, 0.25) is 0 Å². The first kappa shape index (κ1) is 15.6. The zero-order chi connectivity index (χ0) is 12.8. The van der Waals surface area contributed by atoms with Crippen molar-refractivity contribution in [3.63, 3.8) is 0 Å². The summed E-state index contributed by atoms with van der Waals surface area (Å²) in [5.74, 6) is 1.26. The van der Waals surface area contributed by atoms with Crippen molar-refractivity contribution >= 4 is 18.7 Å². The number of hydrogen-bond donors (Lipinski definition) is 2. The van der Waals surface area contributed by atoms with Crippen LogP contribution in [0.2, 0.25) is 0 Å². The quantitative estimate of drug-likeness (QED) is 0.732. The van der Waals surface area contributed by atoms with Crippen LogP contribution in [0.4, 0.5) is 4.79 Å². The van der Waals surface area contributed by atoms with Gasteiger partial charge in [0.15, 0.2) is 0 Å². The number of carbonyl (C=O) groups is 1. The molecule has 0 aromatic rings. The van der Waals surface area contributed by atoms with Crippen LogP contribution in [-0.2, 0) is 4.74 Å². The lowest BCUT2D eigenvalue weighted by Gasteiger charge is -2.25. The van der Waals surface area contributed by atoms with Gasteiger partial charge in [0.25, 0.3) is 0 Å². The van der Waals surface area contributed by atoms with Crippen molar-refractivity contribution in [2.45, 2.75) is 59.1 Å². The molecule has 0 aliphatic carbocycles. The molecular formula is C12H25NO2S. The second kappa shape index (κ2) is 7.05. The Morgan fingerprint density at radius 2 is 1.94 bits per heavy atom. The molecule has 0 aromatic carbocycles. The zero-order valence-electron chi connectivity index (χ0n) is 11.0. The lowest BCUT2D eigenvalue weighted by atomic mass is 10.00. The fraction of sp³-hybridized carbons (Fsp3) is 0.917. The van der Waals surface area contributed by atoms with Crippen molar-refractivity contribution < 1.29 is 9.53 Å². The fourth-order valence-corrected chi connectivity index (χ4v) is 1.52. The summed E-state index contributed by atoms with van der Waals surface area (Å²) in [5, 5.41) is 2.91. The van der Waals surface area contributed by atoms with Crippen molar-refractivity contribution in [3.8, 4) is 0 Å². The largest absolute Gasteiger partial charge is 0.444 e. The van der Waals surface area contributed by atoms with Crippen molar-refractivity contribution in [1.82, 2.24) is 5.32 Å². The van der Waals surface area contributed by atoms with Crippen LogP contribution in [0.25, 0.3) is 0 Å². The van der Waals surface area contributed by atoms with E-state index >= 15 is 0 Å². The van der Waals surface area contributed by atoms with Gasteiger partial charge in [-0.1, -0.05) is 13.8 Å². The summed E-state index contributed by atoms with van der Waals surface area (Å²) in [6, 6.07) is 0.169. The number of amides is 1. The summed E-state index contributed by atoms with van der Waals surface area (Å²) in [6.45, 7) is 9.79. The molecule has 1 unspecified atom stereocenters. The molecule has 0 radical (unpaired) electrons. The van der Waals surface area contributed by atoms with Gasteiger partial charge in [0, 0.05) is 6.04 Å². The molecule has 0 saturated heterocycles. The first-order valence-corrected chi connectivity index (χ1v) is 6.50. The van der Waals surface area contributed by atoms with Gasteiger partial charge in [-0.3, -0.25) is 0 Å². The van der Waals surface area contributed by atoms with Crippen LogP contribution in [0.3, 0.4) is 0 Å². The van der Waals surface area contributed by atoms with Crippen molar-refractivity contribution in [3.05, 3.63) is 0 Å². The van der Waals surface area contributed by atoms with Gasteiger partial charge in [0.1, 0.15) is 5.60 Å². The van der Waals surface area contributed by atoms with E-state index in [-0.39, 0.29) is 12.1 Å². The molecule has 0 heterocycles. The number of carbonyl (C=O) groups excluding carboxylic acids is 1. The van der Waals surface area contributed by atoms with E-state index in [0.717, 1.165) is 18.6 Å². The van der Waals surface area contributed by atoms with E-state index in [1.54, 1.807) is 0 Å². The molecule has 0 spiro atoms. The summed E-state index contributed by atoms with van der Waals surface area (Å²) >= 11 is 4.18. The normalized spacial score (nSPS) is 13.7. The molecule has 0 aliphatic heterocycles. The second-order valence-corrected chi connectivity index (χ2v) is 5.81. The number of alkyl carbamates (subject to hydrolysis) is 1. The molecule has 1 atom stereocenters. The van der Waals surface area contributed by atoms with Crippen LogP contribution < -0.4 is 5.32 Å². The summed E-state index contributed by atoms with van der Waals surface area (Å²) in [6.07, 6.45) is 1.62. The van der Waals surface area contributed by atoms with Crippen LogP contribution in [0, 0.1) is 5.92 Å². The van der Waals surface area contributed by atoms with Gasteiger partial charge < -0.3 is 10.1 Å². The number of hydrogen-bond acceptors (Lipinski definition) is 3. The second-order valence-electron chi connectivity index (χ2n) is 5.36. The molecule has 1 amide bonds. The average Bonchev–Trinajstić information content (AvgIpc) is 2.08. The molecule has 16 heavy (non-hydrogen) atoms. The SMILES string of the molecule is CC(C)C(CCCS)NC(=O)OC(C)(C)C. The number of rotatable bonds is 5. The third-order valence-corrected chi connectivity index (χ3v) is 2.50. The maximum Gasteiger partial charge on any atom is 0.407 e. The smallest absolute Gasteiger partial charge is 0.407 e. The topological polar surface area (TPSA) is 38.3 Å². The highest BCUT2D eigenvalue weighted by Gasteiger charge is 2.20. The monoisotopic (exact) mass is 247 g/mol. The highest BCUT2D eigenvalue weighted by atomic mass is 32.1. The number of nitrogens with one attached hydrogen (secondary N) is 1. The summed E-state index contributed by atoms with van der Waals surface area (Å²) < 4.78 is 5.23. The first-order valence-electron chi connectivity index (χ1n) is 5.86. The zero-order valence-corrected chi connectivity index (χ0v) is 11.9. The Balaban J connectivity index is 4.13. The molecule has 1 N–H and O–H groups in total. The molecule has 0 rings (SSSR count). The molecule has 0 aromatic heterocycles. The van der Waals surface area contributed by atoms with Crippen molar-refractivity contribution in [2.75, 3.05) is 5.75 Å². The Morgan fingerprint density at radius 1 is 1.38 bits per heavy atom. The standard InChI is InChI=1S/C12H25NO2S/c1-9(2)10(7-6-8-16)13-11(14)15-12(3,4)5/h9-10,16H,6-8H2,1-5H3,(H,13,14). The maximum atomic E-state index is 11.6. The highest BCUT2D eigenvalue weighted by molar-refractivity contribution is 7.80. The predicted octanol–water partition coefficient (Wildman–Crippen LogP) is 3.25. The van der Waals surface area contributed by atoms with Crippen molar-refractivity contribution in [2.24, 2.45) is 5.92 Å². The van der Waals surface area contributed by atoms with Gasteiger partial charge in [0.05, 0.1) is 0 Å². The Morgan fingerprint density at radius 3 is 2.31 bits per heavy atom. The third kappa shape index (κ3) is 7.85. The van der Waals surface area contributed by atoms with Crippen LogP contribution in [0.5, 0.6) is 0 Å². The van der Waals surface area contributed by atoms with Gasteiger partial charge in [-0.2, -0.15) is 12.6 Å². The van der Waals surface area contributed by atoms with Gasteiger partial charge in [-0.05, 0) is 45.3 Å². The minimum absolute atomic E-state index is 0.169. The predicted molar refractivity (Wildman–Crippen MR) is 71.1 cm³/mol. The molecule has 0 fully saturated rings. The van der Waals surface area contributed by atoms with Crippen LogP contribution in [-0.4, -0.2) is 23.5 Å². The van der Waals surface area contributed by atoms with E-state index < -0.39 is 5.60 Å². The lowest BCUT2D eigenvalue weighted by molar-refractivity contribution is 0.0487. The average molecular weight is 247 g/mol. The van der Waals surface area contributed by atoms with Gasteiger partial charge in [-0.25, -0.2) is 4.79 Å². The molecular weight excluding hydrogens is 222 g/mol. The van der Waals surface area contributed by atoms with Crippen LogP contribution >= 0.6 is 12.6 Å². The number of ether oxygens (including phenoxy) is 1. The lowest BCUT2D eigenvalue weighted by Crippen LogP contribution is -2.41. The molecule has 96 valence electrons. The third-order valence-electron chi connectivity index (χ3n) is 2.18. The maximum absolute atomic E-state index is 11.6. The van der Waals surface area contributed by atoms with E-state index in [1.807, 2.05) is 20.8 Å². The summed E-state index contributed by atoms with van der Waals surface area (Å²) in [4.78, 5) is 11.6. The van der Waals surface area contributed by atoms with Gasteiger partial charge in [-0.15, -0.1) is 0 Å².